The SMILES string of the molecule is CCn1nccc1N1CCCC(NS(=O)(=O)/C=C/c2ccccc2)C1=O. The summed E-state index contributed by atoms with van der Waals surface area (Å²) in [5.41, 5.74) is 0.779. The molecule has 1 unspecified atom stereocenters. The van der Waals surface area contributed by atoms with E-state index in [1.54, 1.807) is 21.8 Å². The molecule has 1 N–H and O–H groups in total. The van der Waals surface area contributed by atoms with Gasteiger partial charge in [0, 0.05) is 24.6 Å². The molecule has 2 heterocycles. The van der Waals surface area contributed by atoms with Crippen LogP contribution in [0.1, 0.15) is 25.3 Å². The van der Waals surface area contributed by atoms with Gasteiger partial charge >= 0.3 is 0 Å². The summed E-state index contributed by atoms with van der Waals surface area (Å²) < 4.78 is 28.9. The number of amides is 1. The van der Waals surface area contributed by atoms with Gasteiger partial charge in [0.15, 0.2) is 0 Å². The second kappa shape index (κ2) is 7.84. The Hall–Kier alpha value is -2.45. The smallest absolute Gasteiger partial charge is 0.246 e. The van der Waals surface area contributed by atoms with Crippen LogP contribution < -0.4 is 9.62 Å². The number of hydrogen-bond donors (Lipinski definition) is 1. The molecule has 0 radical (unpaired) electrons. The fourth-order valence-corrected chi connectivity index (χ4v) is 4.01. The Kier molecular flexibility index (Phi) is 5.53. The van der Waals surface area contributed by atoms with E-state index >= 15 is 0 Å². The van der Waals surface area contributed by atoms with Gasteiger partial charge in [0.25, 0.3) is 0 Å². The number of hydrogen-bond acceptors (Lipinski definition) is 4. The van der Waals surface area contributed by atoms with Gasteiger partial charge in [0.2, 0.25) is 15.9 Å². The van der Waals surface area contributed by atoms with Crippen molar-refractivity contribution in [2.24, 2.45) is 0 Å². The maximum Gasteiger partial charge on any atom is 0.246 e. The Balaban J connectivity index is 1.72. The van der Waals surface area contributed by atoms with Crippen LogP contribution in [-0.2, 0) is 21.4 Å². The minimum absolute atomic E-state index is 0.247. The highest BCUT2D eigenvalue weighted by Gasteiger charge is 2.33. The summed E-state index contributed by atoms with van der Waals surface area (Å²) >= 11 is 0. The summed E-state index contributed by atoms with van der Waals surface area (Å²) in [6, 6.07) is 10.2. The van der Waals surface area contributed by atoms with Crippen LogP contribution in [0.4, 0.5) is 5.82 Å². The third-order valence-electron chi connectivity index (χ3n) is 4.25. The lowest BCUT2D eigenvalue weighted by molar-refractivity contribution is -0.121. The van der Waals surface area contributed by atoms with Gasteiger partial charge in [-0.3, -0.25) is 9.69 Å². The van der Waals surface area contributed by atoms with E-state index in [4.69, 9.17) is 0 Å². The minimum Gasteiger partial charge on any atom is -0.296 e. The van der Waals surface area contributed by atoms with Gasteiger partial charge in [0.05, 0.1) is 6.20 Å². The van der Waals surface area contributed by atoms with E-state index in [2.05, 4.69) is 9.82 Å². The number of nitrogens with one attached hydrogen (secondary N) is 1. The van der Waals surface area contributed by atoms with Gasteiger partial charge in [-0.05, 0) is 31.4 Å². The molecule has 2 aromatic rings. The molecule has 7 nitrogen and oxygen atoms in total. The lowest BCUT2D eigenvalue weighted by atomic mass is 10.1. The van der Waals surface area contributed by atoms with Crippen LogP contribution in [0.3, 0.4) is 0 Å². The van der Waals surface area contributed by atoms with Crippen molar-refractivity contribution in [3.63, 3.8) is 0 Å². The number of sulfonamides is 1. The lowest BCUT2D eigenvalue weighted by Gasteiger charge is -2.32. The van der Waals surface area contributed by atoms with E-state index in [0.29, 0.717) is 25.3 Å². The third-order valence-corrected chi connectivity index (χ3v) is 5.36. The average molecular weight is 374 g/mol. The van der Waals surface area contributed by atoms with Crippen molar-refractivity contribution in [2.75, 3.05) is 11.4 Å². The number of piperidine rings is 1. The highest BCUT2D eigenvalue weighted by Crippen LogP contribution is 2.21. The molecule has 26 heavy (non-hydrogen) atoms. The molecule has 138 valence electrons. The molecular formula is C18H22N4O3S. The molecular weight excluding hydrogens is 352 g/mol. The lowest BCUT2D eigenvalue weighted by Crippen LogP contribution is -2.52. The van der Waals surface area contributed by atoms with Gasteiger partial charge in [-0.2, -0.15) is 9.82 Å². The zero-order valence-corrected chi connectivity index (χ0v) is 15.4. The van der Waals surface area contributed by atoms with Crippen LogP contribution in [0, 0.1) is 0 Å². The predicted octanol–water partition coefficient (Wildman–Crippen LogP) is 1.99. The van der Waals surface area contributed by atoms with Crippen LogP contribution in [0.5, 0.6) is 0 Å². The molecule has 1 fully saturated rings. The molecule has 1 aliphatic rings. The predicted molar refractivity (Wildman–Crippen MR) is 101 cm³/mol. The molecule has 3 rings (SSSR count). The monoisotopic (exact) mass is 374 g/mol. The zero-order chi connectivity index (χ0) is 18.6. The number of anilines is 1. The van der Waals surface area contributed by atoms with E-state index < -0.39 is 16.1 Å². The van der Waals surface area contributed by atoms with Crippen LogP contribution in [-0.4, -0.2) is 36.7 Å². The standard InChI is InChI=1S/C18H22N4O3S/c1-2-22-17(10-12-19-22)21-13-6-9-16(18(21)23)20-26(24,25)14-11-15-7-4-3-5-8-15/h3-5,7-8,10-12,14,16,20H,2,6,9,13H2,1H3/b14-11+. The van der Waals surface area contributed by atoms with E-state index in [0.717, 1.165) is 17.4 Å². The number of aryl methyl sites for hydroxylation is 1. The van der Waals surface area contributed by atoms with Gasteiger partial charge < -0.3 is 0 Å². The van der Waals surface area contributed by atoms with E-state index in [9.17, 15) is 13.2 Å². The molecule has 1 aliphatic heterocycles. The maximum atomic E-state index is 12.8. The summed E-state index contributed by atoms with van der Waals surface area (Å²) in [7, 11) is -3.72. The number of benzene rings is 1. The van der Waals surface area contributed by atoms with Gasteiger partial charge in [0.1, 0.15) is 11.9 Å². The maximum absolute atomic E-state index is 12.8. The van der Waals surface area contributed by atoms with Gasteiger partial charge in [-0.25, -0.2) is 13.1 Å². The van der Waals surface area contributed by atoms with Crippen molar-refractivity contribution in [3.8, 4) is 0 Å². The molecule has 1 atom stereocenters. The van der Waals surface area contributed by atoms with Crippen molar-refractivity contribution >= 4 is 27.8 Å². The molecule has 0 saturated carbocycles. The molecule has 1 amide bonds. The fraction of sp³-hybridized carbons (Fsp3) is 0.333. The normalized spacial score (nSPS) is 18.6. The summed E-state index contributed by atoms with van der Waals surface area (Å²) in [5.74, 6) is 0.448. The first-order valence-electron chi connectivity index (χ1n) is 8.59. The fourth-order valence-electron chi connectivity index (χ4n) is 2.98. The number of rotatable bonds is 6. The molecule has 8 heteroatoms. The highest BCUT2D eigenvalue weighted by molar-refractivity contribution is 7.92. The van der Waals surface area contributed by atoms with Crippen LogP contribution in [0.25, 0.3) is 6.08 Å². The average Bonchev–Trinajstić information content (AvgIpc) is 3.11. The number of carbonyl (C=O) groups is 1. The Bertz CT molecular complexity index is 890. The minimum atomic E-state index is -3.72. The van der Waals surface area contributed by atoms with Crippen molar-refractivity contribution in [2.45, 2.75) is 32.4 Å². The second-order valence-corrected chi connectivity index (χ2v) is 7.66. The van der Waals surface area contributed by atoms with Gasteiger partial charge in [-0.15, -0.1) is 0 Å². The van der Waals surface area contributed by atoms with Gasteiger partial charge in [-0.1, -0.05) is 30.3 Å². The number of carbonyl (C=O) groups excluding carboxylic acids is 1. The summed E-state index contributed by atoms with van der Waals surface area (Å²) in [6.45, 7) is 3.14. The van der Waals surface area contributed by atoms with Crippen molar-refractivity contribution in [3.05, 3.63) is 53.6 Å². The van der Waals surface area contributed by atoms with E-state index in [1.165, 1.54) is 6.08 Å². The Morgan fingerprint density at radius 3 is 2.77 bits per heavy atom. The zero-order valence-electron chi connectivity index (χ0n) is 14.6. The summed E-state index contributed by atoms with van der Waals surface area (Å²) in [6.07, 6.45) is 4.35. The Morgan fingerprint density at radius 1 is 1.27 bits per heavy atom. The number of aromatic nitrogens is 2. The van der Waals surface area contributed by atoms with Crippen molar-refractivity contribution in [1.29, 1.82) is 0 Å². The molecule has 1 aromatic carbocycles. The molecule has 1 aromatic heterocycles. The number of nitrogens with zero attached hydrogens (tertiary/aromatic N) is 3. The first-order valence-corrected chi connectivity index (χ1v) is 10.1. The molecule has 0 bridgehead atoms. The van der Waals surface area contributed by atoms with Crippen LogP contribution in [0.15, 0.2) is 48.0 Å². The Morgan fingerprint density at radius 2 is 2.04 bits per heavy atom. The summed E-state index contributed by atoms with van der Waals surface area (Å²) in [4.78, 5) is 14.4. The molecule has 0 aliphatic carbocycles. The summed E-state index contributed by atoms with van der Waals surface area (Å²) in [5, 5.41) is 5.28. The largest absolute Gasteiger partial charge is 0.296 e. The van der Waals surface area contributed by atoms with Crippen LogP contribution >= 0.6 is 0 Å². The second-order valence-electron chi connectivity index (χ2n) is 6.07. The van der Waals surface area contributed by atoms with Crippen molar-refractivity contribution < 1.29 is 13.2 Å². The third kappa shape index (κ3) is 4.20. The van der Waals surface area contributed by atoms with E-state index in [-0.39, 0.29) is 5.91 Å². The quantitative estimate of drug-likeness (QED) is 0.838. The topological polar surface area (TPSA) is 84.3 Å². The highest BCUT2D eigenvalue weighted by atomic mass is 32.2. The molecule has 1 saturated heterocycles. The van der Waals surface area contributed by atoms with E-state index in [1.807, 2.05) is 37.3 Å². The van der Waals surface area contributed by atoms with Crippen molar-refractivity contribution in [1.82, 2.24) is 14.5 Å². The first kappa shape index (κ1) is 18.3. The Labute approximate surface area is 153 Å². The first-order chi connectivity index (χ1) is 12.5. The molecule has 0 spiro atoms. The van der Waals surface area contributed by atoms with Crippen LogP contribution in [0.2, 0.25) is 0 Å².